The van der Waals surface area contributed by atoms with E-state index >= 15 is 0 Å². The van der Waals surface area contributed by atoms with Crippen LogP contribution in [0.25, 0.3) is 4.85 Å². The normalized spacial score (nSPS) is 22.8. The van der Waals surface area contributed by atoms with Crippen LogP contribution in [0.1, 0.15) is 77.0 Å². The van der Waals surface area contributed by atoms with Gasteiger partial charge in [0, 0.05) is 94.1 Å². The van der Waals surface area contributed by atoms with Crippen molar-refractivity contribution in [2.75, 3.05) is 68.7 Å². The average molecular weight is 806 g/mol. The van der Waals surface area contributed by atoms with E-state index < -0.39 is 29.7 Å². The van der Waals surface area contributed by atoms with Crippen LogP contribution in [-0.2, 0) is 9.59 Å². The van der Waals surface area contributed by atoms with E-state index in [2.05, 4.69) is 50.8 Å². The molecule has 5 aliphatic heterocycles. The van der Waals surface area contributed by atoms with Gasteiger partial charge in [-0.15, -0.1) is 0 Å². The first kappa shape index (κ1) is 39.4. The number of halogens is 1. The number of rotatable bonds is 8. The van der Waals surface area contributed by atoms with Crippen molar-refractivity contribution in [3.63, 3.8) is 0 Å². The summed E-state index contributed by atoms with van der Waals surface area (Å²) in [5.41, 5.74) is 3.42. The third-order valence-electron chi connectivity index (χ3n) is 12.5. The summed E-state index contributed by atoms with van der Waals surface area (Å²) in [6, 6.07) is 17.5. The molecule has 0 aromatic heterocycles. The second-order valence-corrected chi connectivity index (χ2v) is 17.2. The minimum absolute atomic E-state index is 0.0228. The Morgan fingerprint density at radius 1 is 0.828 bits per heavy atom. The van der Waals surface area contributed by atoms with Gasteiger partial charge in [0.15, 0.2) is 0 Å². The Bertz CT molecular complexity index is 2170. The molecule has 0 radical (unpaired) electrons. The smallest absolute Gasteiger partial charge is 0.262 e. The fraction of sp³-hybridized carbons (Fsp3) is 0.455. The number of ether oxygens (including phenoxy) is 1. The van der Waals surface area contributed by atoms with Gasteiger partial charge >= 0.3 is 0 Å². The van der Waals surface area contributed by atoms with Crippen LogP contribution in [0, 0.1) is 17.9 Å². The highest BCUT2D eigenvalue weighted by molar-refractivity contribution is 6.33. The number of carbonyl (C=O) groups excluding carboxylic acids is 5. The summed E-state index contributed by atoms with van der Waals surface area (Å²) in [6.45, 7) is 19.1. The van der Waals surface area contributed by atoms with Crippen LogP contribution in [0.5, 0.6) is 5.75 Å². The zero-order valence-electron chi connectivity index (χ0n) is 32.9. The predicted molar refractivity (Wildman–Crippen MR) is 220 cm³/mol. The van der Waals surface area contributed by atoms with Crippen LogP contribution in [0.15, 0.2) is 60.7 Å². The summed E-state index contributed by atoms with van der Waals surface area (Å²) in [6.07, 6.45) is 2.88. The zero-order chi connectivity index (χ0) is 40.7. The highest BCUT2D eigenvalue weighted by atomic mass is 35.5. The van der Waals surface area contributed by atoms with Crippen LogP contribution in [0.2, 0.25) is 5.02 Å². The standard InChI is InChI=1S/C44H48ClN7O6/c1-44(2)27-51(19-16-38(44)58-32-9-11-36(46-3)35(45)25-32)41(55)29-4-6-30(7-5-29)50-22-20-48(21-23-50)26-28-14-17-49(18-15-28)31-8-10-33-34(24-31)43(57)52(42(33)56)37-12-13-39(53)47-40(37)54/h4-11,24-25,28,37-38H,12-23,26-27H2,1-2H3,(H,47,53,54). The van der Waals surface area contributed by atoms with Gasteiger partial charge in [-0.05, 0) is 79.8 Å². The first-order valence-corrected chi connectivity index (χ1v) is 20.6. The molecular weight excluding hydrogens is 758 g/mol. The number of piperazine rings is 1. The topological polar surface area (TPSA) is 127 Å². The molecule has 5 heterocycles. The zero-order valence-corrected chi connectivity index (χ0v) is 33.7. The van der Waals surface area contributed by atoms with Crippen LogP contribution >= 0.6 is 11.6 Å². The van der Waals surface area contributed by atoms with E-state index in [1.165, 1.54) is 0 Å². The van der Waals surface area contributed by atoms with Crippen molar-refractivity contribution in [1.29, 1.82) is 0 Å². The van der Waals surface area contributed by atoms with Gasteiger partial charge in [0.05, 0.1) is 22.7 Å². The summed E-state index contributed by atoms with van der Waals surface area (Å²) in [4.78, 5) is 77.7. The summed E-state index contributed by atoms with van der Waals surface area (Å²) >= 11 is 6.23. The summed E-state index contributed by atoms with van der Waals surface area (Å²) < 4.78 is 6.31. The van der Waals surface area contributed by atoms with Gasteiger partial charge < -0.3 is 19.4 Å². The molecule has 5 aliphatic rings. The van der Waals surface area contributed by atoms with Gasteiger partial charge in [-0.3, -0.25) is 39.1 Å². The molecule has 58 heavy (non-hydrogen) atoms. The molecule has 0 saturated carbocycles. The number of nitrogens with zero attached hydrogens (tertiary/aromatic N) is 6. The Hall–Kier alpha value is -5.45. The third kappa shape index (κ3) is 7.87. The van der Waals surface area contributed by atoms with Gasteiger partial charge in [0.25, 0.3) is 17.7 Å². The number of piperidine rings is 3. The van der Waals surface area contributed by atoms with Crippen molar-refractivity contribution < 1.29 is 28.7 Å². The van der Waals surface area contributed by atoms with Crippen LogP contribution < -0.4 is 19.9 Å². The van der Waals surface area contributed by atoms with E-state index in [1.807, 2.05) is 23.1 Å². The van der Waals surface area contributed by atoms with E-state index in [4.69, 9.17) is 22.9 Å². The summed E-state index contributed by atoms with van der Waals surface area (Å²) in [7, 11) is 0. The first-order valence-electron chi connectivity index (χ1n) is 20.2. The molecule has 302 valence electrons. The minimum atomic E-state index is -0.970. The van der Waals surface area contributed by atoms with E-state index in [9.17, 15) is 24.0 Å². The Morgan fingerprint density at radius 3 is 2.19 bits per heavy atom. The lowest BCUT2D eigenvalue weighted by Crippen LogP contribution is -2.54. The van der Waals surface area contributed by atoms with E-state index in [1.54, 1.807) is 30.3 Å². The molecular formula is C44H48ClN7O6. The number of imide groups is 2. The molecule has 2 atom stereocenters. The lowest BCUT2D eigenvalue weighted by Gasteiger charge is -2.44. The van der Waals surface area contributed by atoms with Gasteiger partial charge in [-0.1, -0.05) is 31.5 Å². The molecule has 4 saturated heterocycles. The number of nitrogens with one attached hydrogen (secondary N) is 1. The fourth-order valence-corrected chi connectivity index (χ4v) is 9.34. The third-order valence-corrected chi connectivity index (χ3v) is 12.8. The Morgan fingerprint density at radius 2 is 1.52 bits per heavy atom. The number of carbonyl (C=O) groups is 5. The number of hydrogen-bond acceptors (Lipinski definition) is 9. The SMILES string of the molecule is [C-]#[N+]c1ccc(OC2CCN(C(=O)c3ccc(N4CCN(CC5CCN(c6ccc7c(c6)C(=O)N(C6CCC(=O)NC6=O)C7=O)CC5)CC4)cc3)CC2(C)C)cc1Cl. The number of amides is 5. The monoisotopic (exact) mass is 805 g/mol. The van der Waals surface area contributed by atoms with Gasteiger partial charge in [-0.2, -0.15) is 0 Å². The van der Waals surface area contributed by atoms with Crippen LogP contribution in [0.3, 0.4) is 0 Å². The molecule has 0 spiro atoms. The molecule has 8 rings (SSSR count). The maximum atomic E-state index is 13.6. The van der Waals surface area contributed by atoms with Crippen LogP contribution in [-0.4, -0.2) is 115 Å². The van der Waals surface area contributed by atoms with Crippen molar-refractivity contribution >= 4 is 58.2 Å². The summed E-state index contributed by atoms with van der Waals surface area (Å²) in [5.74, 6) is -0.748. The van der Waals surface area contributed by atoms with E-state index in [0.29, 0.717) is 58.6 Å². The van der Waals surface area contributed by atoms with Gasteiger partial charge in [-0.25, -0.2) is 4.85 Å². The fourth-order valence-electron chi connectivity index (χ4n) is 9.12. The molecule has 13 nitrogen and oxygen atoms in total. The van der Waals surface area contributed by atoms with Crippen molar-refractivity contribution in [2.45, 2.75) is 58.1 Å². The summed E-state index contributed by atoms with van der Waals surface area (Å²) in [5, 5.41) is 2.62. The van der Waals surface area contributed by atoms with Crippen molar-refractivity contribution in [2.24, 2.45) is 11.3 Å². The molecule has 4 fully saturated rings. The van der Waals surface area contributed by atoms with E-state index in [0.717, 1.165) is 74.9 Å². The van der Waals surface area contributed by atoms with Crippen molar-refractivity contribution in [1.82, 2.24) is 20.0 Å². The number of hydrogen-bond donors (Lipinski definition) is 1. The molecule has 3 aromatic rings. The van der Waals surface area contributed by atoms with Crippen molar-refractivity contribution in [3.05, 3.63) is 93.8 Å². The molecule has 5 amide bonds. The van der Waals surface area contributed by atoms with Crippen molar-refractivity contribution in [3.8, 4) is 5.75 Å². The number of benzene rings is 3. The highest BCUT2D eigenvalue weighted by Crippen LogP contribution is 2.37. The quantitative estimate of drug-likeness (QED) is 0.227. The average Bonchev–Trinajstić information content (AvgIpc) is 3.46. The molecule has 3 aromatic carbocycles. The van der Waals surface area contributed by atoms with E-state index in [-0.39, 0.29) is 30.3 Å². The Balaban J connectivity index is 0.784. The molecule has 0 bridgehead atoms. The number of anilines is 2. The second kappa shape index (κ2) is 16.1. The predicted octanol–water partition coefficient (Wildman–Crippen LogP) is 5.65. The van der Waals surface area contributed by atoms with Gasteiger partial charge in [0.1, 0.15) is 17.9 Å². The lowest BCUT2D eigenvalue weighted by molar-refractivity contribution is -0.136. The second-order valence-electron chi connectivity index (χ2n) is 16.8. The highest BCUT2D eigenvalue weighted by Gasteiger charge is 2.45. The van der Waals surface area contributed by atoms with Crippen LogP contribution in [0.4, 0.5) is 17.1 Å². The largest absolute Gasteiger partial charge is 0.490 e. The Labute approximate surface area is 343 Å². The molecule has 0 aliphatic carbocycles. The van der Waals surface area contributed by atoms with Gasteiger partial charge in [0.2, 0.25) is 17.5 Å². The first-order chi connectivity index (χ1) is 27.9. The molecule has 14 heteroatoms. The number of fused-ring (bicyclic) bond motifs is 1. The number of likely N-dealkylation sites (tertiary alicyclic amines) is 1. The maximum Gasteiger partial charge on any atom is 0.262 e. The minimum Gasteiger partial charge on any atom is -0.490 e. The molecule has 1 N–H and O–H groups in total. The maximum absolute atomic E-state index is 13.6. The molecule has 2 unspecified atom stereocenters. The Kier molecular flexibility index (Phi) is 10.9. The lowest BCUT2D eigenvalue weighted by atomic mass is 9.80.